The van der Waals surface area contributed by atoms with E-state index >= 15 is 0 Å². The molecule has 1 aromatic carbocycles. The molecule has 1 aliphatic heterocycles. The van der Waals surface area contributed by atoms with Gasteiger partial charge in [-0.25, -0.2) is 0 Å². The summed E-state index contributed by atoms with van der Waals surface area (Å²) in [5.41, 5.74) is 1.12. The Hall–Kier alpha value is -2.04. The fourth-order valence-electron chi connectivity index (χ4n) is 2.88. The van der Waals surface area contributed by atoms with Crippen molar-refractivity contribution < 1.29 is 19.4 Å². The smallest absolute Gasteiger partial charge is 0.311 e. The Balaban J connectivity index is 1.99. The van der Waals surface area contributed by atoms with Gasteiger partial charge in [-0.3, -0.25) is 9.59 Å². The monoisotopic (exact) mass is 305 g/mol. The lowest BCUT2D eigenvalue weighted by Gasteiger charge is -2.37. The summed E-state index contributed by atoms with van der Waals surface area (Å²) < 4.78 is 5.67. The lowest BCUT2D eigenvalue weighted by molar-refractivity contribution is -0.153. The molecule has 1 fully saturated rings. The number of ether oxygens (including phenoxy) is 1. The van der Waals surface area contributed by atoms with Crippen molar-refractivity contribution in [2.45, 2.75) is 33.6 Å². The first-order valence-corrected chi connectivity index (χ1v) is 7.54. The molecule has 1 N–H and O–H groups in total. The van der Waals surface area contributed by atoms with E-state index in [1.807, 2.05) is 32.0 Å². The van der Waals surface area contributed by atoms with E-state index in [1.165, 1.54) is 0 Å². The van der Waals surface area contributed by atoms with Crippen molar-refractivity contribution in [1.82, 2.24) is 4.90 Å². The molecular weight excluding hydrogens is 282 g/mol. The number of rotatable bonds is 4. The number of hydrogen-bond donors (Lipinski definition) is 1. The van der Waals surface area contributed by atoms with Crippen LogP contribution in [-0.2, 0) is 9.59 Å². The number of hydrogen-bond acceptors (Lipinski definition) is 3. The summed E-state index contributed by atoms with van der Waals surface area (Å²) >= 11 is 0. The normalized spacial score (nSPS) is 21.5. The predicted molar refractivity (Wildman–Crippen MR) is 83.0 cm³/mol. The number of para-hydroxylation sites is 1. The predicted octanol–water partition coefficient (Wildman–Crippen LogP) is 2.40. The Labute approximate surface area is 130 Å². The molecule has 1 aliphatic rings. The minimum atomic E-state index is -0.855. The maximum Gasteiger partial charge on any atom is 0.311 e. The fraction of sp³-hybridized carbons (Fsp3) is 0.529. The van der Waals surface area contributed by atoms with Gasteiger partial charge in [-0.05, 0) is 44.7 Å². The number of carboxylic acids is 1. The molecule has 1 aromatic rings. The van der Waals surface area contributed by atoms with Gasteiger partial charge in [-0.15, -0.1) is 0 Å². The van der Waals surface area contributed by atoms with E-state index in [1.54, 1.807) is 11.8 Å². The molecule has 5 heteroatoms. The van der Waals surface area contributed by atoms with Gasteiger partial charge >= 0.3 is 5.97 Å². The lowest BCUT2D eigenvalue weighted by Crippen LogP contribution is -2.49. The molecule has 22 heavy (non-hydrogen) atoms. The molecule has 1 unspecified atom stereocenters. The Morgan fingerprint density at radius 3 is 2.55 bits per heavy atom. The molecule has 0 spiro atoms. The molecule has 1 atom stereocenters. The molecule has 0 aromatic heterocycles. The SMILES string of the molecule is Cc1cccc(C)c1OCC(=O)N1CCCC(C)(C(=O)O)C1. The third kappa shape index (κ3) is 3.40. The van der Waals surface area contributed by atoms with Crippen LogP contribution in [0.2, 0.25) is 0 Å². The second kappa shape index (κ2) is 6.38. The van der Waals surface area contributed by atoms with Gasteiger partial charge in [0.1, 0.15) is 5.75 Å². The molecule has 1 amide bonds. The Kier molecular flexibility index (Phi) is 4.74. The standard InChI is InChI=1S/C17H23NO4/c1-12-6-4-7-13(2)15(12)22-10-14(19)18-9-5-8-17(3,11-18)16(20)21/h4,6-7H,5,8-11H2,1-3H3,(H,20,21). The molecule has 120 valence electrons. The topological polar surface area (TPSA) is 66.8 Å². The summed E-state index contributed by atoms with van der Waals surface area (Å²) in [5.74, 6) is -0.274. The molecule has 0 aliphatic carbocycles. The Morgan fingerprint density at radius 1 is 1.32 bits per heavy atom. The third-order valence-corrected chi connectivity index (χ3v) is 4.31. The highest BCUT2D eigenvalue weighted by molar-refractivity contribution is 5.80. The summed E-state index contributed by atoms with van der Waals surface area (Å²) in [6.45, 7) is 6.36. The first-order valence-electron chi connectivity index (χ1n) is 7.54. The maximum absolute atomic E-state index is 12.3. The maximum atomic E-state index is 12.3. The molecular formula is C17H23NO4. The van der Waals surface area contributed by atoms with E-state index < -0.39 is 11.4 Å². The van der Waals surface area contributed by atoms with Crippen molar-refractivity contribution >= 4 is 11.9 Å². The van der Waals surface area contributed by atoms with Gasteiger partial charge in [0.15, 0.2) is 6.61 Å². The average Bonchev–Trinajstić information content (AvgIpc) is 2.46. The molecule has 1 saturated heterocycles. The number of carboxylic acid groups (broad SMARTS) is 1. The van der Waals surface area contributed by atoms with Crippen molar-refractivity contribution in [2.24, 2.45) is 5.41 Å². The summed E-state index contributed by atoms with van der Waals surface area (Å²) in [5, 5.41) is 9.31. The fourth-order valence-corrected chi connectivity index (χ4v) is 2.88. The van der Waals surface area contributed by atoms with Crippen LogP contribution in [0.3, 0.4) is 0 Å². The van der Waals surface area contributed by atoms with Crippen molar-refractivity contribution in [3.63, 3.8) is 0 Å². The van der Waals surface area contributed by atoms with Gasteiger partial charge in [0.2, 0.25) is 0 Å². The van der Waals surface area contributed by atoms with Crippen LogP contribution in [-0.4, -0.2) is 41.6 Å². The van der Waals surface area contributed by atoms with Crippen LogP contribution >= 0.6 is 0 Å². The minimum absolute atomic E-state index is 0.0542. The first kappa shape index (κ1) is 16.3. The quantitative estimate of drug-likeness (QED) is 0.927. The lowest BCUT2D eigenvalue weighted by atomic mass is 9.82. The van der Waals surface area contributed by atoms with Crippen LogP contribution in [0.4, 0.5) is 0 Å². The molecule has 2 rings (SSSR count). The number of carbonyl (C=O) groups is 2. The van der Waals surface area contributed by atoms with E-state index in [0.717, 1.165) is 16.9 Å². The van der Waals surface area contributed by atoms with Gasteiger partial charge < -0.3 is 14.7 Å². The zero-order valence-electron chi connectivity index (χ0n) is 13.4. The van der Waals surface area contributed by atoms with Gasteiger partial charge in [-0.2, -0.15) is 0 Å². The van der Waals surface area contributed by atoms with Gasteiger partial charge in [0, 0.05) is 13.1 Å². The van der Waals surface area contributed by atoms with E-state index in [9.17, 15) is 14.7 Å². The number of nitrogens with zero attached hydrogens (tertiary/aromatic N) is 1. The van der Waals surface area contributed by atoms with E-state index in [-0.39, 0.29) is 19.1 Å². The molecule has 0 bridgehead atoms. The Bertz CT molecular complexity index is 564. The van der Waals surface area contributed by atoms with Crippen LogP contribution in [0.15, 0.2) is 18.2 Å². The second-order valence-corrected chi connectivity index (χ2v) is 6.29. The van der Waals surface area contributed by atoms with Crippen molar-refractivity contribution in [1.29, 1.82) is 0 Å². The zero-order chi connectivity index (χ0) is 16.3. The Morgan fingerprint density at radius 2 is 1.95 bits per heavy atom. The van der Waals surface area contributed by atoms with Crippen molar-refractivity contribution in [2.75, 3.05) is 19.7 Å². The zero-order valence-corrected chi connectivity index (χ0v) is 13.4. The van der Waals surface area contributed by atoms with Gasteiger partial charge in [-0.1, -0.05) is 18.2 Å². The molecule has 5 nitrogen and oxygen atoms in total. The number of carbonyl (C=O) groups excluding carboxylic acids is 1. The highest BCUT2D eigenvalue weighted by atomic mass is 16.5. The second-order valence-electron chi connectivity index (χ2n) is 6.29. The van der Waals surface area contributed by atoms with Crippen LogP contribution in [0.5, 0.6) is 5.75 Å². The summed E-state index contributed by atoms with van der Waals surface area (Å²) in [6.07, 6.45) is 1.31. The number of amides is 1. The van der Waals surface area contributed by atoms with Crippen molar-refractivity contribution in [3.05, 3.63) is 29.3 Å². The number of piperidine rings is 1. The van der Waals surface area contributed by atoms with Crippen LogP contribution in [0.25, 0.3) is 0 Å². The summed E-state index contributed by atoms with van der Waals surface area (Å²) in [4.78, 5) is 25.3. The third-order valence-electron chi connectivity index (χ3n) is 4.31. The van der Waals surface area contributed by atoms with Gasteiger partial charge in [0.05, 0.1) is 5.41 Å². The number of benzene rings is 1. The van der Waals surface area contributed by atoms with Crippen LogP contribution < -0.4 is 4.74 Å². The van der Waals surface area contributed by atoms with Crippen LogP contribution in [0, 0.1) is 19.3 Å². The van der Waals surface area contributed by atoms with E-state index in [4.69, 9.17) is 4.74 Å². The molecule has 0 radical (unpaired) electrons. The van der Waals surface area contributed by atoms with Crippen LogP contribution in [0.1, 0.15) is 30.9 Å². The van der Waals surface area contributed by atoms with E-state index in [2.05, 4.69) is 0 Å². The minimum Gasteiger partial charge on any atom is -0.483 e. The highest BCUT2D eigenvalue weighted by Gasteiger charge is 2.39. The highest BCUT2D eigenvalue weighted by Crippen LogP contribution is 2.30. The largest absolute Gasteiger partial charge is 0.483 e. The van der Waals surface area contributed by atoms with Gasteiger partial charge in [0.25, 0.3) is 5.91 Å². The number of likely N-dealkylation sites (tertiary alicyclic amines) is 1. The average molecular weight is 305 g/mol. The molecule has 0 saturated carbocycles. The summed E-state index contributed by atoms with van der Waals surface area (Å²) in [7, 11) is 0. The van der Waals surface area contributed by atoms with Crippen molar-refractivity contribution in [3.8, 4) is 5.75 Å². The number of aliphatic carboxylic acids is 1. The van der Waals surface area contributed by atoms with E-state index in [0.29, 0.717) is 19.4 Å². The first-order chi connectivity index (χ1) is 10.3. The molecule has 1 heterocycles. The number of aryl methyl sites for hydroxylation is 2. The summed E-state index contributed by atoms with van der Waals surface area (Å²) in [6, 6.07) is 5.83.